The van der Waals surface area contributed by atoms with Gasteiger partial charge in [0.15, 0.2) is 0 Å². The van der Waals surface area contributed by atoms with Crippen LogP contribution in [-0.4, -0.2) is 18.4 Å². The van der Waals surface area contributed by atoms with Crippen LogP contribution in [0.3, 0.4) is 0 Å². The first-order valence-electron chi connectivity index (χ1n) is 14.2. The lowest BCUT2D eigenvalue weighted by Gasteiger charge is -2.40. The third kappa shape index (κ3) is 5.99. The molecule has 4 rings (SSSR count). The minimum atomic E-state index is -4.42. The Morgan fingerprint density at radius 1 is 1.13 bits per heavy atom. The number of alkyl halides is 3. The van der Waals surface area contributed by atoms with Gasteiger partial charge in [-0.1, -0.05) is 53.7 Å². The molecule has 2 aromatic rings. The highest BCUT2D eigenvalue weighted by molar-refractivity contribution is 6.74. The van der Waals surface area contributed by atoms with Gasteiger partial charge in [-0.2, -0.15) is 13.2 Å². The van der Waals surface area contributed by atoms with Gasteiger partial charge in [0, 0.05) is 22.9 Å². The molecule has 0 fully saturated rings. The van der Waals surface area contributed by atoms with E-state index in [1.165, 1.54) is 17.7 Å². The number of rotatable bonds is 6. The predicted molar refractivity (Wildman–Crippen MR) is 153 cm³/mol. The van der Waals surface area contributed by atoms with Gasteiger partial charge >= 0.3 is 6.18 Å². The highest BCUT2D eigenvalue weighted by Crippen LogP contribution is 2.49. The van der Waals surface area contributed by atoms with Crippen LogP contribution in [0.5, 0.6) is 0 Å². The molecule has 39 heavy (non-hydrogen) atoms. The molecule has 1 aromatic carbocycles. The molecule has 0 spiro atoms. The van der Waals surface area contributed by atoms with E-state index in [4.69, 9.17) is 9.41 Å². The van der Waals surface area contributed by atoms with Crippen molar-refractivity contribution in [2.24, 2.45) is 5.41 Å². The molecule has 2 aliphatic carbocycles. The Labute approximate surface area is 233 Å². The van der Waals surface area contributed by atoms with Gasteiger partial charge < -0.3 is 9.53 Å². The lowest BCUT2D eigenvalue weighted by atomic mass is 9.72. The monoisotopic (exact) mass is 559 g/mol. The first-order valence-corrected chi connectivity index (χ1v) is 17.1. The van der Waals surface area contributed by atoms with Crippen molar-refractivity contribution in [1.29, 1.82) is 0 Å². The van der Waals surface area contributed by atoms with E-state index in [2.05, 4.69) is 53.8 Å². The largest absolute Gasteiger partial charge is 0.546 e. The third-order valence-electron chi connectivity index (χ3n) is 9.08. The minimum Gasteiger partial charge on any atom is -0.546 e. The van der Waals surface area contributed by atoms with E-state index < -0.39 is 26.2 Å². The van der Waals surface area contributed by atoms with Crippen LogP contribution in [0.25, 0.3) is 0 Å². The third-order valence-corrected chi connectivity index (χ3v) is 13.4. The summed E-state index contributed by atoms with van der Waals surface area (Å²) in [4.78, 5) is 5.11. The number of aliphatic hydroxyl groups is 1. The standard InChI is InChI=1S/C32H44F3NO2Si/c1-9-24-28(29(37)20-13-15-21(16-14-20)32(33,34)35)27(22-17-18-31(5,6)19-25(22)36-24)23-11-10-12-26(23)38-39(7,8)30(2,3)4/h12-16,23,29,37H,9-11,17-19H2,1-8H3/t23-,29-/m1/s1. The Hall–Kier alpha value is -2.12. The van der Waals surface area contributed by atoms with E-state index in [1.807, 2.05) is 6.92 Å². The molecule has 0 radical (unpaired) electrons. The van der Waals surface area contributed by atoms with E-state index in [0.29, 0.717) is 12.0 Å². The number of nitrogens with zero attached hydrogens (tertiary/aromatic N) is 1. The van der Waals surface area contributed by atoms with Crippen LogP contribution < -0.4 is 0 Å². The van der Waals surface area contributed by atoms with Crippen LogP contribution >= 0.6 is 0 Å². The molecule has 0 amide bonds. The summed E-state index contributed by atoms with van der Waals surface area (Å²) in [6.45, 7) is 17.8. The van der Waals surface area contributed by atoms with Crippen molar-refractivity contribution in [2.45, 2.75) is 116 Å². The van der Waals surface area contributed by atoms with E-state index in [1.54, 1.807) is 0 Å². The summed E-state index contributed by atoms with van der Waals surface area (Å²) in [5.41, 5.74) is 4.85. The number of halogens is 3. The normalized spacial score (nSPS) is 20.4. The topological polar surface area (TPSA) is 42.4 Å². The predicted octanol–water partition coefficient (Wildman–Crippen LogP) is 9.04. The summed E-state index contributed by atoms with van der Waals surface area (Å²) in [6.07, 6.45) is 1.89. The molecule has 1 heterocycles. The summed E-state index contributed by atoms with van der Waals surface area (Å²) < 4.78 is 46.7. The molecule has 0 saturated carbocycles. The summed E-state index contributed by atoms with van der Waals surface area (Å²) >= 11 is 0. The number of allylic oxidation sites excluding steroid dienone is 2. The van der Waals surface area contributed by atoms with E-state index >= 15 is 0 Å². The van der Waals surface area contributed by atoms with Crippen molar-refractivity contribution in [3.05, 3.63) is 75.3 Å². The van der Waals surface area contributed by atoms with Crippen molar-refractivity contribution in [1.82, 2.24) is 4.98 Å². The molecule has 0 bridgehead atoms. The first kappa shape index (κ1) is 29.8. The van der Waals surface area contributed by atoms with Gasteiger partial charge in [-0.15, -0.1) is 0 Å². The average molecular weight is 560 g/mol. The Morgan fingerprint density at radius 2 is 1.77 bits per heavy atom. The van der Waals surface area contributed by atoms with Crippen LogP contribution in [0.4, 0.5) is 13.2 Å². The molecule has 0 saturated heterocycles. The highest BCUT2D eigenvalue weighted by Gasteiger charge is 2.43. The lowest BCUT2D eigenvalue weighted by molar-refractivity contribution is -0.137. The zero-order chi connectivity index (χ0) is 29.0. The minimum absolute atomic E-state index is 0.00138. The second kappa shape index (κ2) is 10.4. The van der Waals surface area contributed by atoms with Gasteiger partial charge in [0.1, 0.15) is 6.10 Å². The van der Waals surface area contributed by atoms with Crippen LogP contribution in [0, 0.1) is 5.41 Å². The fraction of sp³-hybridized carbons (Fsp3) is 0.594. The first-order chi connectivity index (χ1) is 17.9. The second-order valence-corrected chi connectivity index (χ2v) is 18.4. The molecule has 214 valence electrons. The van der Waals surface area contributed by atoms with E-state index in [0.717, 1.165) is 72.5 Å². The molecule has 2 atom stereocenters. The number of aromatic nitrogens is 1. The van der Waals surface area contributed by atoms with Crippen LogP contribution in [0.2, 0.25) is 18.1 Å². The number of benzene rings is 1. The summed E-state index contributed by atoms with van der Waals surface area (Å²) in [5, 5.41) is 11.9. The summed E-state index contributed by atoms with van der Waals surface area (Å²) in [7, 11) is -2.11. The smallest absolute Gasteiger partial charge is 0.416 e. The van der Waals surface area contributed by atoms with Gasteiger partial charge in [0.2, 0.25) is 8.32 Å². The molecular weight excluding hydrogens is 515 g/mol. The Kier molecular flexibility index (Phi) is 7.94. The molecule has 3 nitrogen and oxygen atoms in total. The maximum absolute atomic E-state index is 13.3. The van der Waals surface area contributed by atoms with E-state index in [-0.39, 0.29) is 16.4 Å². The van der Waals surface area contributed by atoms with Gasteiger partial charge in [-0.25, -0.2) is 0 Å². The fourth-order valence-corrected chi connectivity index (χ4v) is 6.83. The van der Waals surface area contributed by atoms with Crippen molar-refractivity contribution in [2.75, 3.05) is 0 Å². The second-order valence-electron chi connectivity index (χ2n) is 13.6. The van der Waals surface area contributed by atoms with Crippen molar-refractivity contribution >= 4 is 8.32 Å². The van der Waals surface area contributed by atoms with Crippen LogP contribution in [0.1, 0.15) is 112 Å². The highest BCUT2D eigenvalue weighted by atomic mass is 28.4. The lowest BCUT2D eigenvalue weighted by Crippen LogP contribution is -2.41. The van der Waals surface area contributed by atoms with Crippen LogP contribution in [-0.2, 0) is 29.9 Å². The van der Waals surface area contributed by atoms with Crippen molar-refractivity contribution in [3.63, 3.8) is 0 Å². The number of pyridine rings is 1. The maximum Gasteiger partial charge on any atom is 0.416 e. The van der Waals surface area contributed by atoms with Crippen LogP contribution in [0.15, 0.2) is 36.1 Å². The SMILES string of the molecule is CCc1nc2c(c([C@@H]3CCC=C3O[Si](C)(C)C(C)(C)C)c1[C@H](O)c1ccc(C(F)(F)F)cc1)CCC(C)(C)C2. The number of aryl methyl sites for hydroxylation is 1. The zero-order valence-electron chi connectivity index (χ0n) is 24.7. The number of hydrogen-bond donors (Lipinski definition) is 1. The molecule has 1 N–H and O–H groups in total. The summed E-state index contributed by atoms with van der Waals surface area (Å²) in [6, 6.07) is 4.91. The van der Waals surface area contributed by atoms with Gasteiger partial charge in [-0.05, 0) is 97.0 Å². The maximum atomic E-state index is 13.3. The van der Waals surface area contributed by atoms with Crippen molar-refractivity contribution in [3.8, 4) is 0 Å². The van der Waals surface area contributed by atoms with Gasteiger partial charge in [0.25, 0.3) is 0 Å². The summed E-state index contributed by atoms with van der Waals surface area (Å²) in [5.74, 6) is 0.990. The molecule has 1 aromatic heterocycles. The zero-order valence-corrected chi connectivity index (χ0v) is 25.7. The average Bonchev–Trinajstić information content (AvgIpc) is 3.27. The van der Waals surface area contributed by atoms with Gasteiger partial charge in [-0.3, -0.25) is 4.98 Å². The quantitative estimate of drug-likeness (QED) is 0.359. The number of aliphatic hydroxyl groups excluding tert-OH is 1. The Morgan fingerprint density at radius 3 is 2.33 bits per heavy atom. The fourth-order valence-electron chi connectivity index (χ4n) is 5.71. The van der Waals surface area contributed by atoms with Crippen molar-refractivity contribution < 1.29 is 22.7 Å². The number of hydrogen-bond acceptors (Lipinski definition) is 3. The van der Waals surface area contributed by atoms with E-state index in [9.17, 15) is 18.3 Å². The Bertz CT molecular complexity index is 1240. The molecule has 2 aliphatic rings. The van der Waals surface area contributed by atoms with Gasteiger partial charge in [0.05, 0.1) is 11.3 Å². The molecule has 7 heteroatoms. The Balaban J connectivity index is 1.88. The molecule has 0 unspecified atom stereocenters. The molecule has 0 aliphatic heterocycles. The number of fused-ring (bicyclic) bond motifs is 1. The molecular formula is C32H44F3NO2Si.